The van der Waals surface area contributed by atoms with Crippen molar-refractivity contribution in [1.29, 1.82) is 0 Å². The number of halogens is 1. The smallest absolute Gasteiger partial charge is 0.226 e. The van der Waals surface area contributed by atoms with Crippen LogP contribution < -0.4 is 15.4 Å². The molecule has 0 fully saturated rings. The van der Waals surface area contributed by atoms with E-state index in [9.17, 15) is 9.59 Å². The summed E-state index contributed by atoms with van der Waals surface area (Å²) in [6, 6.07) is 23.1. The van der Waals surface area contributed by atoms with Gasteiger partial charge in [0.15, 0.2) is 5.75 Å². The number of hydrogen-bond acceptors (Lipinski definition) is 3. The summed E-state index contributed by atoms with van der Waals surface area (Å²) in [4.78, 5) is 24.3. The average molecular weight is 409 g/mol. The zero-order valence-electron chi connectivity index (χ0n) is 15.9. The maximum atomic E-state index is 12.7. The predicted octanol–water partition coefficient (Wildman–Crippen LogP) is 5.34. The van der Waals surface area contributed by atoms with E-state index in [4.69, 9.17) is 16.3 Å². The van der Waals surface area contributed by atoms with E-state index in [2.05, 4.69) is 10.6 Å². The normalized spacial score (nSPS) is 11.4. The van der Waals surface area contributed by atoms with Gasteiger partial charge in [0.25, 0.3) is 0 Å². The molecule has 3 aromatic rings. The average Bonchev–Trinajstić information content (AvgIpc) is 2.70. The van der Waals surface area contributed by atoms with Gasteiger partial charge in [0.1, 0.15) is 5.75 Å². The molecule has 0 saturated heterocycles. The topological polar surface area (TPSA) is 67.4 Å². The first-order valence-electron chi connectivity index (χ1n) is 9.15. The van der Waals surface area contributed by atoms with Crippen molar-refractivity contribution in [2.45, 2.75) is 19.4 Å². The van der Waals surface area contributed by atoms with Crippen molar-refractivity contribution in [1.82, 2.24) is 5.32 Å². The standard InChI is InChI=1S/C23H21ClN2O3/c1-16(27)25-21(17-11-13-18(24)14-12-17)15-23(28)26-20-9-5-6-10-22(20)29-19-7-3-2-4-8-19/h2-14,21H,15H2,1H3,(H,25,27)(H,26,28). The van der Waals surface area contributed by atoms with Crippen molar-refractivity contribution in [3.05, 3.63) is 89.4 Å². The number of amides is 2. The summed E-state index contributed by atoms with van der Waals surface area (Å²) >= 11 is 5.94. The minimum atomic E-state index is -0.466. The van der Waals surface area contributed by atoms with Crippen molar-refractivity contribution in [3.8, 4) is 11.5 Å². The Balaban J connectivity index is 1.73. The van der Waals surface area contributed by atoms with Gasteiger partial charge in [-0.3, -0.25) is 9.59 Å². The van der Waals surface area contributed by atoms with E-state index in [1.54, 1.807) is 36.4 Å². The summed E-state index contributed by atoms with van der Waals surface area (Å²) < 4.78 is 5.88. The number of rotatable bonds is 7. The first kappa shape index (κ1) is 20.4. The van der Waals surface area contributed by atoms with Gasteiger partial charge in [-0.05, 0) is 42.0 Å². The predicted molar refractivity (Wildman–Crippen MR) is 114 cm³/mol. The monoisotopic (exact) mass is 408 g/mol. The number of hydrogen-bond donors (Lipinski definition) is 2. The Bertz CT molecular complexity index is 975. The number of anilines is 1. The summed E-state index contributed by atoms with van der Waals surface area (Å²) in [5.41, 5.74) is 1.35. The fourth-order valence-corrected chi connectivity index (χ4v) is 2.98. The molecule has 0 aliphatic carbocycles. The van der Waals surface area contributed by atoms with Crippen LogP contribution in [0.5, 0.6) is 11.5 Å². The van der Waals surface area contributed by atoms with E-state index >= 15 is 0 Å². The molecule has 0 radical (unpaired) electrons. The zero-order valence-corrected chi connectivity index (χ0v) is 16.6. The van der Waals surface area contributed by atoms with E-state index in [1.807, 2.05) is 42.5 Å². The fourth-order valence-electron chi connectivity index (χ4n) is 2.85. The molecule has 0 aliphatic heterocycles. The van der Waals surface area contributed by atoms with Crippen molar-refractivity contribution < 1.29 is 14.3 Å². The Morgan fingerprint density at radius 3 is 2.28 bits per heavy atom. The highest BCUT2D eigenvalue weighted by Crippen LogP contribution is 2.29. The van der Waals surface area contributed by atoms with Crippen LogP contribution in [-0.2, 0) is 9.59 Å². The second-order valence-electron chi connectivity index (χ2n) is 6.47. The second kappa shape index (κ2) is 9.75. The van der Waals surface area contributed by atoms with Crippen LogP contribution in [0.4, 0.5) is 5.69 Å². The molecule has 5 nitrogen and oxygen atoms in total. The van der Waals surface area contributed by atoms with Crippen molar-refractivity contribution >= 4 is 29.1 Å². The SMILES string of the molecule is CC(=O)NC(CC(=O)Nc1ccccc1Oc1ccccc1)c1ccc(Cl)cc1. The summed E-state index contributed by atoms with van der Waals surface area (Å²) in [5, 5.41) is 6.28. The van der Waals surface area contributed by atoms with Gasteiger partial charge in [0, 0.05) is 11.9 Å². The molecule has 0 aliphatic rings. The molecular weight excluding hydrogens is 388 g/mol. The van der Waals surface area contributed by atoms with E-state index < -0.39 is 6.04 Å². The Hall–Kier alpha value is -3.31. The molecule has 3 rings (SSSR count). The number of para-hydroxylation sites is 3. The van der Waals surface area contributed by atoms with E-state index in [0.717, 1.165) is 5.56 Å². The minimum absolute atomic E-state index is 0.0703. The van der Waals surface area contributed by atoms with E-state index in [1.165, 1.54) is 6.92 Å². The van der Waals surface area contributed by atoms with Gasteiger partial charge >= 0.3 is 0 Å². The number of carbonyl (C=O) groups is 2. The molecular formula is C23H21ClN2O3. The van der Waals surface area contributed by atoms with Crippen LogP contribution in [0, 0.1) is 0 Å². The lowest BCUT2D eigenvalue weighted by atomic mass is 10.0. The Morgan fingerprint density at radius 2 is 1.59 bits per heavy atom. The largest absolute Gasteiger partial charge is 0.455 e. The molecule has 1 atom stereocenters. The van der Waals surface area contributed by atoms with Gasteiger partial charge in [-0.2, -0.15) is 0 Å². The quantitative estimate of drug-likeness (QED) is 0.554. The van der Waals surface area contributed by atoms with Gasteiger partial charge < -0.3 is 15.4 Å². The van der Waals surface area contributed by atoms with Crippen LogP contribution in [0.25, 0.3) is 0 Å². The van der Waals surface area contributed by atoms with Crippen LogP contribution in [0.15, 0.2) is 78.9 Å². The Morgan fingerprint density at radius 1 is 0.931 bits per heavy atom. The van der Waals surface area contributed by atoms with E-state index in [0.29, 0.717) is 22.2 Å². The summed E-state index contributed by atoms with van der Waals surface area (Å²) in [6.07, 6.45) is 0.0703. The van der Waals surface area contributed by atoms with E-state index in [-0.39, 0.29) is 18.2 Å². The first-order chi connectivity index (χ1) is 14.0. The number of ether oxygens (including phenoxy) is 1. The number of nitrogens with one attached hydrogen (secondary N) is 2. The zero-order chi connectivity index (χ0) is 20.6. The van der Waals surface area contributed by atoms with Gasteiger partial charge in [-0.1, -0.05) is 54.1 Å². The van der Waals surface area contributed by atoms with Crippen molar-refractivity contribution in [3.63, 3.8) is 0 Å². The molecule has 6 heteroatoms. The van der Waals surface area contributed by atoms with Gasteiger partial charge in [-0.25, -0.2) is 0 Å². The Kier molecular flexibility index (Phi) is 6.87. The van der Waals surface area contributed by atoms with Crippen molar-refractivity contribution in [2.24, 2.45) is 0 Å². The summed E-state index contributed by atoms with van der Waals surface area (Å²) in [7, 11) is 0. The molecule has 0 heterocycles. The lowest BCUT2D eigenvalue weighted by molar-refractivity contribution is -0.120. The molecule has 0 spiro atoms. The fraction of sp³-hybridized carbons (Fsp3) is 0.130. The third-order valence-corrected chi connectivity index (χ3v) is 4.42. The third kappa shape index (κ3) is 6.09. The lowest BCUT2D eigenvalue weighted by Gasteiger charge is -2.19. The number of benzene rings is 3. The van der Waals surface area contributed by atoms with Crippen LogP contribution >= 0.6 is 11.6 Å². The highest BCUT2D eigenvalue weighted by atomic mass is 35.5. The molecule has 3 aromatic carbocycles. The lowest BCUT2D eigenvalue weighted by Crippen LogP contribution is -2.29. The molecule has 1 unspecified atom stereocenters. The number of carbonyl (C=O) groups excluding carboxylic acids is 2. The van der Waals surface area contributed by atoms with Crippen LogP contribution in [-0.4, -0.2) is 11.8 Å². The molecule has 0 bridgehead atoms. The van der Waals surface area contributed by atoms with Gasteiger partial charge in [-0.15, -0.1) is 0 Å². The van der Waals surface area contributed by atoms with Crippen LogP contribution in [0.1, 0.15) is 24.9 Å². The molecule has 2 N–H and O–H groups in total. The van der Waals surface area contributed by atoms with Gasteiger partial charge in [0.2, 0.25) is 11.8 Å². The maximum Gasteiger partial charge on any atom is 0.226 e. The summed E-state index contributed by atoms with van der Waals surface area (Å²) in [6.45, 7) is 1.42. The molecule has 0 aromatic heterocycles. The Labute approximate surface area is 174 Å². The maximum absolute atomic E-state index is 12.7. The van der Waals surface area contributed by atoms with Crippen LogP contribution in [0.2, 0.25) is 5.02 Å². The minimum Gasteiger partial charge on any atom is -0.455 e. The highest BCUT2D eigenvalue weighted by Gasteiger charge is 2.18. The first-order valence-corrected chi connectivity index (χ1v) is 9.53. The van der Waals surface area contributed by atoms with Gasteiger partial charge in [0.05, 0.1) is 18.2 Å². The highest BCUT2D eigenvalue weighted by molar-refractivity contribution is 6.30. The van der Waals surface area contributed by atoms with Crippen LogP contribution in [0.3, 0.4) is 0 Å². The molecule has 29 heavy (non-hydrogen) atoms. The summed E-state index contributed by atoms with van der Waals surface area (Å²) in [5.74, 6) is 0.745. The molecule has 148 valence electrons. The second-order valence-corrected chi connectivity index (χ2v) is 6.90. The van der Waals surface area contributed by atoms with Crippen molar-refractivity contribution in [2.75, 3.05) is 5.32 Å². The molecule has 0 saturated carbocycles. The molecule has 2 amide bonds. The third-order valence-electron chi connectivity index (χ3n) is 4.17.